The average molecular weight is 389 g/mol. The van der Waals surface area contributed by atoms with Crippen LogP contribution >= 0.6 is 0 Å². The van der Waals surface area contributed by atoms with Crippen LogP contribution in [0.4, 0.5) is 4.79 Å². The van der Waals surface area contributed by atoms with E-state index >= 15 is 0 Å². The number of carbonyl (C=O) groups is 2. The Balaban J connectivity index is 1.69. The van der Waals surface area contributed by atoms with Gasteiger partial charge in [0.15, 0.2) is 0 Å². The van der Waals surface area contributed by atoms with Gasteiger partial charge in [-0.15, -0.1) is 0 Å². The van der Waals surface area contributed by atoms with Crippen molar-refractivity contribution in [3.8, 4) is 0 Å². The molecule has 0 saturated carbocycles. The summed E-state index contributed by atoms with van der Waals surface area (Å²) in [5.74, 6) is 0.0448. The third-order valence-corrected chi connectivity index (χ3v) is 5.27. The highest BCUT2D eigenvalue weighted by Crippen LogP contribution is 2.33. The van der Waals surface area contributed by atoms with Gasteiger partial charge in [0.1, 0.15) is 5.60 Å². The number of likely N-dealkylation sites (tertiary alicyclic amines) is 1. The molecule has 0 bridgehead atoms. The summed E-state index contributed by atoms with van der Waals surface area (Å²) in [6.07, 6.45) is 2.06. The molecule has 2 aliphatic rings. The summed E-state index contributed by atoms with van der Waals surface area (Å²) in [7, 11) is 0. The van der Waals surface area contributed by atoms with E-state index in [1.165, 1.54) is 0 Å². The molecule has 0 aliphatic carbocycles. The molecule has 2 heterocycles. The number of morpholine rings is 1. The van der Waals surface area contributed by atoms with Crippen LogP contribution in [0.5, 0.6) is 0 Å². The Morgan fingerprint density at radius 3 is 2.50 bits per heavy atom. The third-order valence-electron chi connectivity index (χ3n) is 5.27. The predicted octanol–water partition coefficient (Wildman–Crippen LogP) is 3.71. The van der Waals surface area contributed by atoms with E-state index in [0.29, 0.717) is 38.2 Å². The van der Waals surface area contributed by atoms with E-state index in [2.05, 4.69) is 0 Å². The first-order chi connectivity index (χ1) is 13.2. The first-order valence-electron chi connectivity index (χ1n) is 10.2. The monoisotopic (exact) mass is 388 g/mol. The molecule has 2 amide bonds. The molecule has 6 heteroatoms. The van der Waals surface area contributed by atoms with Gasteiger partial charge in [-0.1, -0.05) is 18.2 Å². The lowest BCUT2D eigenvalue weighted by Gasteiger charge is -2.45. The van der Waals surface area contributed by atoms with Gasteiger partial charge in [-0.3, -0.25) is 4.79 Å². The fourth-order valence-electron chi connectivity index (χ4n) is 4.09. The zero-order chi connectivity index (χ0) is 20.4. The predicted molar refractivity (Wildman–Crippen MR) is 107 cm³/mol. The van der Waals surface area contributed by atoms with E-state index in [1.807, 2.05) is 62.9 Å². The molecule has 2 fully saturated rings. The minimum atomic E-state index is -0.504. The molecule has 154 valence electrons. The van der Waals surface area contributed by atoms with E-state index < -0.39 is 11.2 Å². The Morgan fingerprint density at radius 2 is 1.82 bits per heavy atom. The van der Waals surface area contributed by atoms with Crippen LogP contribution < -0.4 is 0 Å². The normalized spacial score (nSPS) is 26.1. The Kier molecular flexibility index (Phi) is 5.98. The van der Waals surface area contributed by atoms with E-state index in [9.17, 15) is 9.59 Å². The van der Waals surface area contributed by atoms with Gasteiger partial charge < -0.3 is 19.3 Å². The molecule has 6 nitrogen and oxygen atoms in total. The summed E-state index contributed by atoms with van der Waals surface area (Å²) < 4.78 is 11.9. The maximum Gasteiger partial charge on any atom is 0.410 e. The van der Waals surface area contributed by atoms with Crippen molar-refractivity contribution in [1.82, 2.24) is 9.80 Å². The molecule has 3 rings (SSSR count). The molecule has 1 aromatic carbocycles. The minimum Gasteiger partial charge on any atom is -0.444 e. The Bertz CT molecular complexity index is 700. The van der Waals surface area contributed by atoms with Crippen LogP contribution in [0.25, 0.3) is 0 Å². The van der Waals surface area contributed by atoms with Crippen molar-refractivity contribution in [2.45, 2.75) is 64.3 Å². The molecule has 0 aromatic heterocycles. The van der Waals surface area contributed by atoms with E-state index in [-0.39, 0.29) is 18.1 Å². The molecule has 0 N–H and O–H groups in total. The van der Waals surface area contributed by atoms with Gasteiger partial charge in [0.05, 0.1) is 18.2 Å². The van der Waals surface area contributed by atoms with Gasteiger partial charge in [-0.2, -0.15) is 0 Å². The van der Waals surface area contributed by atoms with Gasteiger partial charge in [0.25, 0.3) is 5.91 Å². The largest absolute Gasteiger partial charge is 0.444 e. The second-order valence-electron chi connectivity index (χ2n) is 8.98. The number of hydrogen-bond acceptors (Lipinski definition) is 4. The highest BCUT2D eigenvalue weighted by Gasteiger charge is 2.43. The molecule has 0 radical (unpaired) electrons. The van der Waals surface area contributed by atoms with Crippen molar-refractivity contribution in [3.05, 3.63) is 35.9 Å². The SMILES string of the molecule is C[C@H]1CN(C(=O)c2ccccc2)CC2(CCCN(C(=O)OC(C)(C)C)CC2)O1. The average Bonchev–Trinajstić information content (AvgIpc) is 2.82. The maximum atomic E-state index is 13.0. The van der Waals surface area contributed by atoms with Crippen molar-refractivity contribution in [3.63, 3.8) is 0 Å². The summed E-state index contributed by atoms with van der Waals surface area (Å²) in [6, 6.07) is 9.39. The van der Waals surface area contributed by atoms with Crippen molar-refractivity contribution in [2.75, 3.05) is 26.2 Å². The minimum absolute atomic E-state index is 0.0329. The maximum absolute atomic E-state index is 13.0. The van der Waals surface area contributed by atoms with Gasteiger partial charge in [-0.05, 0) is 59.1 Å². The summed E-state index contributed by atoms with van der Waals surface area (Å²) in [5.41, 5.74) is -0.204. The first-order valence-corrected chi connectivity index (χ1v) is 10.2. The second-order valence-corrected chi connectivity index (χ2v) is 8.98. The quantitative estimate of drug-likeness (QED) is 0.736. The number of benzene rings is 1. The van der Waals surface area contributed by atoms with Crippen LogP contribution in [0.1, 0.15) is 57.3 Å². The number of hydrogen-bond donors (Lipinski definition) is 0. The number of amides is 2. The van der Waals surface area contributed by atoms with Crippen molar-refractivity contribution >= 4 is 12.0 Å². The number of rotatable bonds is 1. The van der Waals surface area contributed by atoms with Crippen LogP contribution in [-0.2, 0) is 9.47 Å². The summed E-state index contributed by atoms with van der Waals surface area (Å²) in [4.78, 5) is 29.1. The number of nitrogens with zero attached hydrogens (tertiary/aromatic N) is 2. The first kappa shape index (κ1) is 20.6. The van der Waals surface area contributed by atoms with Crippen molar-refractivity contribution in [1.29, 1.82) is 0 Å². The zero-order valence-electron chi connectivity index (χ0n) is 17.4. The summed E-state index contributed by atoms with van der Waals surface area (Å²) in [5, 5.41) is 0. The lowest BCUT2D eigenvalue weighted by atomic mass is 9.91. The van der Waals surface area contributed by atoms with E-state index in [4.69, 9.17) is 9.47 Å². The molecule has 2 aliphatic heterocycles. The van der Waals surface area contributed by atoms with Crippen molar-refractivity contribution in [2.24, 2.45) is 0 Å². The second kappa shape index (κ2) is 8.11. The van der Waals surface area contributed by atoms with E-state index in [0.717, 1.165) is 12.8 Å². The molecular formula is C22H32N2O4. The number of ether oxygens (including phenoxy) is 2. The Hall–Kier alpha value is -2.08. The van der Waals surface area contributed by atoms with Gasteiger partial charge in [-0.25, -0.2) is 4.79 Å². The highest BCUT2D eigenvalue weighted by atomic mass is 16.6. The molecule has 1 spiro atoms. The highest BCUT2D eigenvalue weighted by molar-refractivity contribution is 5.94. The lowest BCUT2D eigenvalue weighted by Crippen LogP contribution is -2.57. The Morgan fingerprint density at radius 1 is 1.11 bits per heavy atom. The van der Waals surface area contributed by atoms with Crippen LogP contribution in [0.15, 0.2) is 30.3 Å². The molecule has 1 unspecified atom stereocenters. The summed E-state index contributed by atoms with van der Waals surface area (Å²) in [6.45, 7) is 10.0. The fraction of sp³-hybridized carbons (Fsp3) is 0.636. The Labute approximate surface area is 167 Å². The topological polar surface area (TPSA) is 59.1 Å². The lowest BCUT2D eigenvalue weighted by molar-refractivity contribution is -0.145. The number of carbonyl (C=O) groups excluding carboxylic acids is 2. The van der Waals surface area contributed by atoms with Crippen LogP contribution in [-0.4, -0.2) is 65.3 Å². The van der Waals surface area contributed by atoms with Crippen LogP contribution in [0, 0.1) is 0 Å². The molecular weight excluding hydrogens is 356 g/mol. The molecule has 1 aromatic rings. The van der Waals surface area contributed by atoms with Gasteiger partial charge >= 0.3 is 6.09 Å². The van der Waals surface area contributed by atoms with Crippen LogP contribution in [0.2, 0.25) is 0 Å². The standard InChI is InChI=1S/C22H32N2O4/c1-17-15-24(19(25)18-9-6-5-7-10-18)16-22(27-17)11-8-13-23(14-12-22)20(26)28-21(2,3)4/h5-7,9-10,17H,8,11-16H2,1-4H3/t17-,22?/m0/s1. The smallest absolute Gasteiger partial charge is 0.410 e. The summed E-state index contributed by atoms with van der Waals surface area (Å²) >= 11 is 0. The molecule has 2 atom stereocenters. The van der Waals surface area contributed by atoms with Crippen LogP contribution in [0.3, 0.4) is 0 Å². The molecule has 2 saturated heterocycles. The van der Waals surface area contributed by atoms with Crippen molar-refractivity contribution < 1.29 is 19.1 Å². The fourth-order valence-corrected chi connectivity index (χ4v) is 4.09. The van der Waals surface area contributed by atoms with E-state index in [1.54, 1.807) is 4.90 Å². The third kappa shape index (κ3) is 5.04. The van der Waals surface area contributed by atoms with Gasteiger partial charge in [0.2, 0.25) is 0 Å². The zero-order valence-corrected chi connectivity index (χ0v) is 17.4. The molecule has 28 heavy (non-hydrogen) atoms. The van der Waals surface area contributed by atoms with Gasteiger partial charge in [0, 0.05) is 25.2 Å².